The zero-order chi connectivity index (χ0) is 21.0. The smallest absolute Gasteiger partial charge is 0.334 e. The molecule has 0 aromatic rings. The third-order valence-electron chi connectivity index (χ3n) is 5.29. The van der Waals surface area contributed by atoms with Crippen molar-refractivity contribution >= 4 is 11.9 Å². The normalized spacial score (nSPS) is 11.9. The molecule has 0 N–H and O–H groups in total. The van der Waals surface area contributed by atoms with Gasteiger partial charge in [-0.2, -0.15) is 0 Å². The number of esters is 2. The Kier molecular flexibility index (Phi) is 18.1. The van der Waals surface area contributed by atoms with Crippen LogP contribution in [0.1, 0.15) is 117 Å². The predicted molar refractivity (Wildman–Crippen MR) is 116 cm³/mol. The van der Waals surface area contributed by atoms with Crippen LogP contribution in [0.15, 0.2) is 11.1 Å². The molecule has 0 saturated heterocycles. The van der Waals surface area contributed by atoms with Crippen molar-refractivity contribution in [1.82, 2.24) is 0 Å². The van der Waals surface area contributed by atoms with Gasteiger partial charge in [0.25, 0.3) is 0 Å². The maximum Gasteiger partial charge on any atom is 0.334 e. The van der Waals surface area contributed by atoms with E-state index < -0.39 is 0 Å². The number of hydrogen-bond donors (Lipinski definition) is 0. The van der Waals surface area contributed by atoms with Gasteiger partial charge in [0.1, 0.15) is 0 Å². The van der Waals surface area contributed by atoms with Crippen molar-refractivity contribution < 1.29 is 19.1 Å². The summed E-state index contributed by atoms with van der Waals surface area (Å²) in [7, 11) is 2.77. The Bertz CT molecular complexity index is 440. The molecule has 0 atom stereocenters. The molecule has 0 unspecified atom stereocenters. The van der Waals surface area contributed by atoms with Crippen LogP contribution < -0.4 is 0 Å². The summed E-state index contributed by atoms with van der Waals surface area (Å²) in [5.74, 6) is -0.761. The first-order valence-electron chi connectivity index (χ1n) is 11.5. The molecule has 4 nitrogen and oxygen atoms in total. The van der Waals surface area contributed by atoms with E-state index in [-0.39, 0.29) is 11.9 Å². The summed E-state index contributed by atoms with van der Waals surface area (Å²) >= 11 is 0. The Balaban J connectivity index is 4.65. The molecule has 0 fully saturated rings. The van der Waals surface area contributed by atoms with Crippen molar-refractivity contribution in [3.63, 3.8) is 0 Å². The van der Waals surface area contributed by atoms with E-state index >= 15 is 0 Å². The molecule has 0 spiro atoms. The van der Waals surface area contributed by atoms with Crippen LogP contribution in [-0.2, 0) is 19.1 Å². The fourth-order valence-electron chi connectivity index (χ4n) is 3.52. The summed E-state index contributed by atoms with van der Waals surface area (Å²) in [4.78, 5) is 24.6. The highest BCUT2D eigenvalue weighted by molar-refractivity contribution is 6.00. The quantitative estimate of drug-likeness (QED) is 0.143. The first-order valence-corrected chi connectivity index (χ1v) is 11.5. The topological polar surface area (TPSA) is 52.6 Å². The van der Waals surface area contributed by atoms with Crippen LogP contribution in [-0.4, -0.2) is 26.2 Å². The number of carbonyl (C=O) groups excluding carboxylic acids is 2. The zero-order valence-corrected chi connectivity index (χ0v) is 18.9. The molecular weight excluding hydrogens is 352 g/mol. The number of unbranched alkanes of at least 4 members (excludes halogenated alkanes) is 12. The molecule has 0 aliphatic rings. The first kappa shape index (κ1) is 26.7. The molecule has 0 radical (unpaired) electrons. The fraction of sp³-hybridized carbons (Fsp3) is 0.833. The first-order chi connectivity index (χ1) is 13.6. The molecule has 0 aromatic heterocycles. The summed E-state index contributed by atoms with van der Waals surface area (Å²) in [5.41, 5.74) is 1.04. The molecule has 0 aliphatic heterocycles. The third kappa shape index (κ3) is 13.0. The van der Waals surface area contributed by atoms with Gasteiger partial charge in [-0.3, -0.25) is 0 Å². The molecular formula is C24H44O4. The Hall–Kier alpha value is -1.32. The lowest BCUT2D eigenvalue weighted by Crippen LogP contribution is -2.15. The molecule has 0 saturated carbocycles. The van der Waals surface area contributed by atoms with Gasteiger partial charge >= 0.3 is 11.9 Å². The maximum atomic E-state index is 12.3. The highest BCUT2D eigenvalue weighted by Gasteiger charge is 2.21. The van der Waals surface area contributed by atoms with Crippen molar-refractivity contribution in [1.29, 1.82) is 0 Å². The summed E-state index contributed by atoms with van der Waals surface area (Å²) in [6, 6.07) is 0. The van der Waals surface area contributed by atoms with Gasteiger partial charge in [-0.05, 0) is 25.7 Å². The minimum atomic E-state index is -0.381. The monoisotopic (exact) mass is 396 g/mol. The van der Waals surface area contributed by atoms with Crippen LogP contribution in [0, 0.1) is 0 Å². The highest BCUT2D eigenvalue weighted by atomic mass is 16.5. The average Bonchev–Trinajstić information content (AvgIpc) is 2.72. The van der Waals surface area contributed by atoms with Gasteiger partial charge in [-0.15, -0.1) is 0 Å². The van der Waals surface area contributed by atoms with E-state index in [1.807, 2.05) is 0 Å². The fourth-order valence-corrected chi connectivity index (χ4v) is 3.52. The average molecular weight is 397 g/mol. The predicted octanol–water partition coefficient (Wildman–Crippen LogP) is 6.91. The molecule has 0 rings (SSSR count). The van der Waals surface area contributed by atoms with Gasteiger partial charge in [0.15, 0.2) is 0 Å². The van der Waals surface area contributed by atoms with E-state index in [4.69, 9.17) is 9.47 Å². The van der Waals surface area contributed by atoms with Crippen molar-refractivity contribution in [3.05, 3.63) is 11.1 Å². The van der Waals surface area contributed by atoms with Crippen molar-refractivity contribution in [3.8, 4) is 0 Å². The minimum Gasteiger partial charge on any atom is -0.466 e. The highest BCUT2D eigenvalue weighted by Crippen LogP contribution is 2.22. The molecule has 0 heterocycles. The third-order valence-corrected chi connectivity index (χ3v) is 5.29. The lowest BCUT2D eigenvalue weighted by molar-refractivity contribution is -0.139. The summed E-state index contributed by atoms with van der Waals surface area (Å²) < 4.78 is 9.93. The summed E-state index contributed by atoms with van der Waals surface area (Å²) in [6.45, 7) is 4.43. The van der Waals surface area contributed by atoms with E-state index in [0.29, 0.717) is 24.0 Å². The van der Waals surface area contributed by atoms with E-state index in [1.165, 1.54) is 78.4 Å². The largest absolute Gasteiger partial charge is 0.466 e. The van der Waals surface area contributed by atoms with Crippen molar-refractivity contribution in [2.75, 3.05) is 14.2 Å². The lowest BCUT2D eigenvalue weighted by Gasteiger charge is -2.13. The lowest BCUT2D eigenvalue weighted by atomic mass is 9.96. The van der Waals surface area contributed by atoms with E-state index in [0.717, 1.165) is 25.7 Å². The van der Waals surface area contributed by atoms with Gasteiger partial charge < -0.3 is 9.47 Å². The Labute approximate surface area is 173 Å². The SMILES string of the molecule is CCCCCCCCCC/C(C(=O)OC)=C(\CCCCCCCC)C(=O)OC. The van der Waals surface area contributed by atoms with Crippen LogP contribution in [0.25, 0.3) is 0 Å². The van der Waals surface area contributed by atoms with Gasteiger partial charge in [0, 0.05) is 11.1 Å². The van der Waals surface area contributed by atoms with Crippen molar-refractivity contribution in [2.45, 2.75) is 117 Å². The Morgan fingerprint density at radius 1 is 0.500 bits per heavy atom. The second kappa shape index (κ2) is 19.0. The molecule has 164 valence electrons. The van der Waals surface area contributed by atoms with Crippen LogP contribution in [0.5, 0.6) is 0 Å². The van der Waals surface area contributed by atoms with Gasteiger partial charge in [-0.25, -0.2) is 9.59 Å². The minimum absolute atomic E-state index is 0.380. The number of hydrogen-bond acceptors (Lipinski definition) is 4. The maximum absolute atomic E-state index is 12.3. The standard InChI is InChI=1S/C24H44O4/c1-5-7-9-11-13-14-16-18-20-22(24(26)28-4)21(23(25)27-3)19-17-15-12-10-8-6-2/h5-20H2,1-4H3/b22-21-. The second-order valence-electron chi connectivity index (χ2n) is 7.68. The van der Waals surface area contributed by atoms with E-state index in [9.17, 15) is 9.59 Å². The molecule has 0 amide bonds. The molecule has 28 heavy (non-hydrogen) atoms. The number of ether oxygens (including phenoxy) is 2. The van der Waals surface area contributed by atoms with Gasteiger partial charge in [-0.1, -0.05) is 90.9 Å². The zero-order valence-electron chi connectivity index (χ0n) is 18.9. The molecule has 0 bridgehead atoms. The van der Waals surface area contributed by atoms with Gasteiger partial charge in [0.05, 0.1) is 14.2 Å². The Morgan fingerprint density at radius 2 is 0.786 bits per heavy atom. The molecule has 0 aromatic carbocycles. The number of methoxy groups -OCH3 is 2. The molecule has 4 heteroatoms. The molecule has 0 aliphatic carbocycles. The van der Waals surface area contributed by atoms with Gasteiger partial charge in [0.2, 0.25) is 0 Å². The second-order valence-corrected chi connectivity index (χ2v) is 7.68. The number of rotatable bonds is 18. The van der Waals surface area contributed by atoms with Crippen molar-refractivity contribution in [2.24, 2.45) is 0 Å². The van der Waals surface area contributed by atoms with Crippen LogP contribution in [0.4, 0.5) is 0 Å². The van der Waals surface area contributed by atoms with E-state index in [2.05, 4.69) is 13.8 Å². The van der Waals surface area contributed by atoms with Crippen LogP contribution in [0.2, 0.25) is 0 Å². The summed E-state index contributed by atoms with van der Waals surface area (Å²) in [6.07, 6.45) is 17.7. The van der Waals surface area contributed by atoms with Crippen LogP contribution in [0.3, 0.4) is 0 Å². The van der Waals surface area contributed by atoms with Crippen LogP contribution >= 0.6 is 0 Å². The number of carbonyl (C=O) groups is 2. The summed E-state index contributed by atoms with van der Waals surface area (Å²) in [5, 5.41) is 0. The van der Waals surface area contributed by atoms with E-state index in [1.54, 1.807) is 0 Å². The Morgan fingerprint density at radius 3 is 1.07 bits per heavy atom.